The molecule has 0 aliphatic rings. The van der Waals surface area contributed by atoms with E-state index in [0.717, 1.165) is 20.0 Å². The van der Waals surface area contributed by atoms with Crippen LogP contribution in [0.2, 0.25) is 0 Å². The lowest BCUT2D eigenvalue weighted by Gasteiger charge is -2.24. The fraction of sp³-hybridized carbons (Fsp3) is 0.333. The predicted molar refractivity (Wildman–Crippen MR) is 144 cm³/mol. The summed E-state index contributed by atoms with van der Waals surface area (Å²) in [5, 5.41) is 0. The number of nitrogens with zero attached hydrogens (tertiary/aromatic N) is 1. The molecule has 162 valence electrons. The van der Waals surface area contributed by atoms with Gasteiger partial charge >= 0.3 is 5.97 Å². The lowest BCUT2D eigenvalue weighted by atomic mass is 10.1. The zero-order valence-corrected chi connectivity index (χ0v) is 23.0. The maximum absolute atomic E-state index is 13.5. The van der Waals surface area contributed by atoms with E-state index in [-0.39, 0.29) is 25.7 Å². The van der Waals surface area contributed by atoms with Gasteiger partial charge in [0.25, 0.3) is 5.91 Å². The summed E-state index contributed by atoms with van der Waals surface area (Å²) in [6, 6.07) is 11.2. The molecular formula is C21H23I3N2O4. The molecule has 0 saturated heterocycles. The van der Waals surface area contributed by atoms with Gasteiger partial charge in [0.15, 0.2) is 6.79 Å². The molecule has 2 aromatic rings. The van der Waals surface area contributed by atoms with Gasteiger partial charge in [-0.05, 0) is 92.4 Å². The average molecular weight is 748 g/mol. The normalized spacial score (nSPS) is 10.7. The van der Waals surface area contributed by atoms with Crippen LogP contribution in [0.3, 0.4) is 0 Å². The minimum absolute atomic E-state index is 0.0603. The fourth-order valence-corrected chi connectivity index (χ4v) is 6.41. The van der Waals surface area contributed by atoms with Crippen LogP contribution in [0.4, 0.5) is 11.4 Å². The van der Waals surface area contributed by atoms with Crippen LogP contribution >= 0.6 is 67.8 Å². The number of hydrogen-bond acceptors (Lipinski definition) is 5. The van der Waals surface area contributed by atoms with Crippen LogP contribution < -0.4 is 10.6 Å². The van der Waals surface area contributed by atoms with E-state index in [1.165, 1.54) is 0 Å². The Morgan fingerprint density at radius 3 is 2.47 bits per heavy atom. The molecule has 2 rings (SSSR count). The van der Waals surface area contributed by atoms with Crippen molar-refractivity contribution in [1.82, 2.24) is 0 Å². The molecule has 0 unspecified atom stereocenters. The van der Waals surface area contributed by atoms with Crippen molar-refractivity contribution in [1.29, 1.82) is 0 Å². The fourth-order valence-electron chi connectivity index (χ4n) is 2.58. The molecule has 0 fully saturated rings. The van der Waals surface area contributed by atoms with Crippen LogP contribution in [0.5, 0.6) is 0 Å². The first-order valence-electron chi connectivity index (χ1n) is 9.40. The van der Waals surface area contributed by atoms with Gasteiger partial charge < -0.3 is 20.1 Å². The van der Waals surface area contributed by atoms with Crippen LogP contribution in [-0.2, 0) is 14.3 Å². The molecule has 6 nitrogen and oxygen atoms in total. The molecule has 0 aliphatic carbocycles. The van der Waals surface area contributed by atoms with Gasteiger partial charge in [-0.3, -0.25) is 9.59 Å². The highest BCUT2D eigenvalue weighted by atomic mass is 127. The van der Waals surface area contributed by atoms with Crippen LogP contribution in [-0.4, -0.2) is 31.8 Å². The summed E-state index contributed by atoms with van der Waals surface area (Å²) >= 11 is 6.41. The van der Waals surface area contributed by atoms with Gasteiger partial charge in [-0.25, -0.2) is 0 Å². The summed E-state index contributed by atoms with van der Waals surface area (Å²) in [4.78, 5) is 27.2. The number of ether oxygens (including phenoxy) is 2. The number of rotatable bonds is 10. The number of hydrogen-bond donors (Lipinski definition) is 1. The summed E-state index contributed by atoms with van der Waals surface area (Å²) in [5.41, 5.74) is 7.99. The number of carbonyl (C=O) groups excluding carboxylic acids is 2. The van der Waals surface area contributed by atoms with Gasteiger partial charge in [0, 0.05) is 19.4 Å². The highest BCUT2D eigenvalue weighted by Gasteiger charge is 2.25. The van der Waals surface area contributed by atoms with Crippen LogP contribution in [0, 0.1) is 10.7 Å². The quantitative estimate of drug-likeness (QED) is 0.115. The minimum Gasteiger partial charge on any atom is -0.438 e. The summed E-state index contributed by atoms with van der Waals surface area (Å²) in [6.07, 6.45) is 2.00. The number of benzene rings is 2. The molecule has 9 heteroatoms. The number of nitrogen functional groups attached to an aromatic ring is 1. The minimum atomic E-state index is -0.410. The number of nitrogens with two attached hydrogens (primary N) is 1. The molecule has 30 heavy (non-hydrogen) atoms. The monoisotopic (exact) mass is 748 g/mol. The van der Waals surface area contributed by atoms with E-state index in [0.29, 0.717) is 27.1 Å². The predicted octanol–water partition coefficient (Wildman–Crippen LogP) is 5.44. The second-order valence-electron chi connectivity index (χ2n) is 6.38. The lowest BCUT2D eigenvalue weighted by Crippen LogP contribution is -2.34. The number of amides is 1. The van der Waals surface area contributed by atoms with Gasteiger partial charge in [0.05, 0.1) is 27.8 Å². The molecule has 2 aromatic carbocycles. The van der Waals surface area contributed by atoms with Gasteiger partial charge in [-0.15, -0.1) is 0 Å². The third-order valence-corrected chi connectivity index (χ3v) is 7.08. The van der Waals surface area contributed by atoms with Crippen molar-refractivity contribution in [2.75, 3.05) is 30.6 Å². The van der Waals surface area contributed by atoms with Crippen molar-refractivity contribution in [3.8, 4) is 0 Å². The molecule has 2 N–H and O–H groups in total. The summed E-state index contributed by atoms with van der Waals surface area (Å²) in [5.74, 6) is -0.614. The summed E-state index contributed by atoms with van der Waals surface area (Å²) in [6.45, 7) is 2.74. The van der Waals surface area contributed by atoms with E-state index in [4.69, 9.17) is 15.2 Å². The lowest BCUT2D eigenvalue weighted by molar-refractivity contribution is -0.156. The zero-order valence-electron chi connectivity index (χ0n) is 16.5. The van der Waals surface area contributed by atoms with Crippen molar-refractivity contribution in [2.24, 2.45) is 0 Å². The van der Waals surface area contributed by atoms with Gasteiger partial charge in [-0.2, -0.15) is 0 Å². The topological polar surface area (TPSA) is 81.9 Å². The third kappa shape index (κ3) is 7.19. The molecule has 0 radical (unpaired) electrons. The zero-order chi connectivity index (χ0) is 22.1. The number of unbranched alkanes of at least 4 members (excludes halogenated alkanes) is 1. The molecule has 0 bridgehead atoms. The van der Waals surface area contributed by atoms with E-state index >= 15 is 0 Å². The Morgan fingerprint density at radius 2 is 1.80 bits per heavy atom. The van der Waals surface area contributed by atoms with Crippen molar-refractivity contribution >= 4 is 91.0 Å². The van der Waals surface area contributed by atoms with Gasteiger partial charge in [-0.1, -0.05) is 31.5 Å². The van der Waals surface area contributed by atoms with E-state index in [2.05, 4.69) is 74.7 Å². The Morgan fingerprint density at radius 1 is 1.10 bits per heavy atom. The van der Waals surface area contributed by atoms with Crippen molar-refractivity contribution < 1.29 is 19.1 Å². The van der Waals surface area contributed by atoms with E-state index in [1.54, 1.807) is 4.90 Å². The number of halogens is 3. The molecule has 0 aromatic heterocycles. The molecule has 0 saturated carbocycles. The van der Waals surface area contributed by atoms with Crippen LogP contribution in [0.25, 0.3) is 0 Å². The van der Waals surface area contributed by atoms with Crippen LogP contribution in [0.1, 0.15) is 36.5 Å². The molecule has 0 atom stereocenters. The SMILES string of the molecule is CCCCOCOC(=O)CCN(C(=O)c1c(I)cc(I)c(N)c1I)c1ccccc1. The Bertz CT molecular complexity index is 878. The summed E-state index contributed by atoms with van der Waals surface area (Å²) in [7, 11) is 0. The summed E-state index contributed by atoms with van der Waals surface area (Å²) < 4.78 is 12.8. The Labute approximate surface area is 217 Å². The number of carbonyl (C=O) groups is 2. The average Bonchev–Trinajstić information content (AvgIpc) is 2.73. The van der Waals surface area contributed by atoms with Crippen molar-refractivity contribution in [3.05, 3.63) is 52.7 Å². The second kappa shape index (κ2) is 13.0. The molecular weight excluding hydrogens is 725 g/mol. The standard InChI is InChI=1S/C21H23I3N2O4/c1-2-3-11-29-13-30-17(27)9-10-26(14-7-5-4-6-8-14)21(28)18-15(22)12-16(23)20(25)19(18)24/h4-8,12H,2-3,9-11,13,25H2,1H3. The Balaban J connectivity index is 2.17. The maximum atomic E-state index is 13.5. The Kier molecular flexibility index (Phi) is 11.1. The first kappa shape index (κ1) is 25.6. The first-order chi connectivity index (χ1) is 14.4. The Hall–Kier alpha value is -0.670. The molecule has 1 amide bonds. The number of para-hydroxylation sites is 1. The maximum Gasteiger partial charge on any atom is 0.309 e. The van der Waals surface area contributed by atoms with Gasteiger partial charge in [0.2, 0.25) is 0 Å². The first-order valence-corrected chi connectivity index (χ1v) is 12.6. The van der Waals surface area contributed by atoms with Gasteiger partial charge in [0.1, 0.15) is 0 Å². The van der Waals surface area contributed by atoms with E-state index < -0.39 is 5.97 Å². The largest absolute Gasteiger partial charge is 0.438 e. The van der Waals surface area contributed by atoms with Crippen LogP contribution in [0.15, 0.2) is 36.4 Å². The molecule has 0 aliphatic heterocycles. The highest BCUT2D eigenvalue weighted by Crippen LogP contribution is 2.31. The molecule has 0 heterocycles. The van der Waals surface area contributed by atoms with Crippen molar-refractivity contribution in [2.45, 2.75) is 26.2 Å². The second-order valence-corrected chi connectivity index (χ2v) is 9.78. The number of esters is 1. The van der Waals surface area contributed by atoms with Crippen molar-refractivity contribution in [3.63, 3.8) is 0 Å². The third-order valence-electron chi connectivity index (χ3n) is 4.22. The molecule has 0 spiro atoms. The number of anilines is 2. The smallest absolute Gasteiger partial charge is 0.309 e. The highest BCUT2D eigenvalue weighted by molar-refractivity contribution is 14.1. The van der Waals surface area contributed by atoms with E-state index in [9.17, 15) is 9.59 Å². The van der Waals surface area contributed by atoms with E-state index in [1.807, 2.05) is 36.4 Å².